The van der Waals surface area contributed by atoms with Crippen LogP contribution in [0.2, 0.25) is 0 Å². The van der Waals surface area contributed by atoms with Gasteiger partial charge in [-0.3, -0.25) is 40.0 Å². The first kappa shape index (κ1) is 38.6. The van der Waals surface area contributed by atoms with E-state index in [4.69, 9.17) is 18.3 Å². The zero-order valence-electron chi connectivity index (χ0n) is 33.1. The van der Waals surface area contributed by atoms with E-state index in [-0.39, 0.29) is 43.0 Å². The van der Waals surface area contributed by atoms with E-state index in [1.54, 1.807) is 61.7 Å². The van der Waals surface area contributed by atoms with Crippen LogP contribution in [0.1, 0.15) is 54.5 Å². The fraction of sp³-hybridized carbons (Fsp3) is 0.238. The van der Waals surface area contributed by atoms with Crippen molar-refractivity contribution in [2.24, 2.45) is 0 Å². The van der Waals surface area contributed by atoms with Gasteiger partial charge in [-0.2, -0.15) is 0 Å². The van der Waals surface area contributed by atoms with Gasteiger partial charge in [0.25, 0.3) is 23.6 Å². The van der Waals surface area contributed by atoms with Crippen LogP contribution >= 0.6 is 0 Å². The molecule has 6 aromatic rings. The van der Waals surface area contributed by atoms with Crippen LogP contribution in [0, 0.1) is 13.8 Å². The molecule has 8 heterocycles. The molecule has 5 N–H and O–H groups in total. The number of hydrogen-bond acceptors (Lipinski definition) is 12. The van der Waals surface area contributed by atoms with Crippen LogP contribution in [0.25, 0.3) is 22.2 Å². The van der Waals surface area contributed by atoms with Crippen LogP contribution in [-0.2, 0) is 33.8 Å². The summed E-state index contributed by atoms with van der Waals surface area (Å²) in [4.78, 5) is 83.3. The molecule has 2 aromatic carbocycles. The third kappa shape index (κ3) is 6.37. The summed E-state index contributed by atoms with van der Waals surface area (Å²) >= 11 is 0. The molecule has 310 valence electrons. The Morgan fingerprint density at radius 2 is 1.21 bits per heavy atom. The van der Waals surface area contributed by atoms with Crippen LogP contribution in [0.4, 0.5) is 9.59 Å². The molecule has 2 fully saturated rings. The number of rotatable bonds is 8. The predicted octanol–water partition coefficient (Wildman–Crippen LogP) is 2.80. The third-order valence-corrected chi connectivity index (χ3v) is 11.2. The van der Waals surface area contributed by atoms with Gasteiger partial charge in [0.05, 0.1) is 33.4 Å². The standard InChI is InChI=1S/C21H18N4O6.C21H18N4O5/c1-11-5-16-15(25(29)8-11)7-17(31-16)21(19(27)22-20(28)23-21)10-24-9-12-3-4-13(30-2)6-14(12)18(24)26;1-11-5-16-15(22-8-11)7-17(30-16)21(19(27)23-20(28)24-21)10-25-9-12-3-4-13(29-2)6-14(12)18(25)26/h3-8H,9-10H2,1-2H3,(H2-,22,23,27,28,29);3-8H,9-10H2,1-2H3,(H2,23,24,27,28)/p+1/t2*21-/m00/s1. The van der Waals surface area contributed by atoms with Gasteiger partial charge in [-0.15, -0.1) is 0 Å². The highest BCUT2D eigenvalue weighted by Crippen LogP contribution is 2.36. The summed E-state index contributed by atoms with van der Waals surface area (Å²) in [6.45, 7) is 4.00. The molecule has 0 aliphatic carbocycles. The van der Waals surface area contributed by atoms with E-state index in [9.17, 15) is 34.0 Å². The first-order valence-corrected chi connectivity index (χ1v) is 18.9. The molecule has 8 amide bonds. The lowest BCUT2D eigenvalue weighted by atomic mass is 9.95. The van der Waals surface area contributed by atoms with Crippen molar-refractivity contribution in [3.05, 3.63) is 118 Å². The van der Waals surface area contributed by atoms with Crippen LogP contribution in [-0.4, -0.2) is 83.0 Å². The minimum atomic E-state index is -1.64. The number of ether oxygens (including phenoxy) is 2. The molecular weight excluding hydrogens is 793 g/mol. The Morgan fingerprint density at radius 3 is 1.72 bits per heavy atom. The van der Waals surface area contributed by atoms with Crippen molar-refractivity contribution in [2.45, 2.75) is 38.0 Å². The van der Waals surface area contributed by atoms with Gasteiger partial charge in [-0.1, -0.05) is 12.1 Å². The van der Waals surface area contributed by atoms with Gasteiger partial charge in [-0.05, 0) is 66.9 Å². The second-order valence-corrected chi connectivity index (χ2v) is 15.2. The fourth-order valence-electron chi connectivity index (χ4n) is 8.09. The summed E-state index contributed by atoms with van der Waals surface area (Å²) in [6.07, 6.45) is 3.19. The number of carbonyl (C=O) groups excluding carboxylic acids is 6. The number of aromatic nitrogens is 2. The molecule has 19 heteroatoms. The maximum absolute atomic E-state index is 13.0. The summed E-state index contributed by atoms with van der Waals surface area (Å²) in [5.74, 6) is -0.293. The largest absolute Gasteiger partial charge is 0.497 e. The van der Waals surface area contributed by atoms with Crippen molar-refractivity contribution >= 4 is 57.9 Å². The number of benzene rings is 2. The van der Waals surface area contributed by atoms with Crippen LogP contribution < -0.4 is 35.5 Å². The lowest BCUT2D eigenvalue weighted by molar-refractivity contribution is -0.884. The van der Waals surface area contributed by atoms with Crippen LogP contribution in [0.5, 0.6) is 11.5 Å². The average molecular weight is 830 g/mol. The average Bonchev–Trinajstić information content (AvgIpc) is 4.08. The van der Waals surface area contributed by atoms with Crippen molar-refractivity contribution in [3.63, 3.8) is 0 Å². The number of amides is 8. The number of urea groups is 2. The first-order chi connectivity index (χ1) is 29.2. The van der Waals surface area contributed by atoms with Crippen molar-refractivity contribution in [1.29, 1.82) is 0 Å². The van der Waals surface area contributed by atoms with Gasteiger partial charge in [0.2, 0.25) is 11.8 Å². The Kier molecular flexibility index (Phi) is 8.91. The molecule has 0 saturated carbocycles. The second-order valence-electron chi connectivity index (χ2n) is 15.2. The number of nitrogens with one attached hydrogen (secondary N) is 4. The number of hydrogen-bond donors (Lipinski definition) is 5. The number of methoxy groups -OCH3 is 2. The highest BCUT2D eigenvalue weighted by Gasteiger charge is 2.54. The molecule has 0 unspecified atom stereocenters. The Bertz CT molecular complexity index is 2900. The molecule has 4 aromatic heterocycles. The molecule has 19 nitrogen and oxygen atoms in total. The third-order valence-electron chi connectivity index (χ3n) is 11.2. The van der Waals surface area contributed by atoms with Gasteiger partial charge in [-0.25, -0.2) is 9.59 Å². The van der Waals surface area contributed by atoms with E-state index in [1.165, 1.54) is 36.3 Å². The number of fused-ring (bicyclic) bond motifs is 4. The minimum absolute atomic E-state index is 0.0841. The van der Waals surface area contributed by atoms with E-state index in [1.807, 2.05) is 13.0 Å². The topological polar surface area (TPSA) is 239 Å². The summed E-state index contributed by atoms with van der Waals surface area (Å²) in [5, 5.41) is 20.0. The Hall–Kier alpha value is -7.96. The van der Waals surface area contributed by atoms with Gasteiger partial charge in [0.15, 0.2) is 16.7 Å². The Morgan fingerprint density at radius 1 is 0.705 bits per heavy atom. The lowest BCUT2D eigenvalue weighted by Crippen LogP contribution is -2.52. The Labute approximate surface area is 345 Å². The minimum Gasteiger partial charge on any atom is -0.497 e. The molecule has 2 saturated heterocycles. The SMILES string of the molecule is COc1ccc2c(c1)C(=O)N(C[C@@]1(c3cc4c(cc(C)c[n+]4O)o3)NC(=O)NC1=O)C2.COc1ccc2c(c1)C(=O)N(C[C@@]1(c3cc4ncc(C)cc4o3)NC(=O)NC1=O)C2. The number of imide groups is 2. The predicted molar refractivity (Wildman–Crippen MR) is 209 cm³/mol. The van der Waals surface area contributed by atoms with E-state index < -0.39 is 35.0 Å². The van der Waals surface area contributed by atoms with Gasteiger partial charge in [0.1, 0.15) is 28.5 Å². The number of furan rings is 2. The van der Waals surface area contributed by atoms with Gasteiger partial charge in [0, 0.05) is 46.8 Å². The molecule has 4 aliphatic heterocycles. The van der Waals surface area contributed by atoms with Crippen LogP contribution in [0.3, 0.4) is 0 Å². The van der Waals surface area contributed by atoms with Crippen LogP contribution in [0.15, 0.2) is 81.9 Å². The highest BCUT2D eigenvalue weighted by atomic mass is 16.5. The van der Waals surface area contributed by atoms with E-state index >= 15 is 0 Å². The molecule has 0 bridgehead atoms. The summed E-state index contributed by atoms with van der Waals surface area (Å²) in [7, 11) is 3.05. The number of nitrogens with zero attached hydrogens (tertiary/aromatic N) is 4. The number of aryl methyl sites for hydroxylation is 2. The second kappa shape index (κ2) is 14.1. The summed E-state index contributed by atoms with van der Waals surface area (Å²) < 4.78 is 23.1. The summed E-state index contributed by atoms with van der Waals surface area (Å²) in [6, 6.07) is 15.8. The zero-order chi connectivity index (χ0) is 43.0. The monoisotopic (exact) mass is 829 g/mol. The highest BCUT2D eigenvalue weighted by molar-refractivity contribution is 6.09. The summed E-state index contributed by atoms with van der Waals surface area (Å²) in [5.41, 5.74) is 2.78. The maximum Gasteiger partial charge on any atom is 0.322 e. The number of pyridine rings is 2. The lowest BCUT2D eigenvalue weighted by Gasteiger charge is -2.28. The molecule has 2 atom stereocenters. The molecule has 10 rings (SSSR count). The Balaban J connectivity index is 0.000000156. The van der Waals surface area contributed by atoms with E-state index in [0.717, 1.165) is 27.0 Å². The normalized spacial score (nSPS) is 20.3. The van der Waals surface area contributed by atoms with E-state index in [0.29, 0.717) is 51.4 Å². The quantitative estimate of drug-likeness (QED) is 0.0846. The fourth-order valence-corrected chi connectivity index (χ4v) is 8.09. The zero-order valence-corrected chi connectivity index (χ0v) is 33.1. The number of carbonyl (C=O) groups is 6. The van der Waals surface area contributed by atoms with E-state index in [2.05, 4.69) is 26.3 Å². The molecular formula is C42H37N8O11+. The van der Waals surface area contributed by atoms with Crippen molar-refractivity contribution in [1.82, 2.24) is 36.1 Å². The van der Waals surface area contributed by atoms with Crippen molar-refractivity contribution in [2.75, 3.05) is 27.3 Å². The van der Waals surface area contributed by atoms with Gasteiger partial charge >= 0.3 is 17.6 Å². The smallest absolute Gasteiger partial charge is 0.322 e. The first-order valence-electron chi connectivity index (χ1n) is 18.9. The maximum atomic E-state index is 13.0. The molecule has 0 spiro atoms. The molecule has 0 radical (unpaired) electrons. The van der Waals surface area contributed by atoms with Gasteiger partial charge < -0.3 is 38.7 Å². The van der Waals surface area contributed by atoms with Crippen molar-refractivity contribution < 1.29 is 57.0 Å². The molecule has 4 aliphatic rings. The van der Waals surface area contributed by atoms with Crippen molar-refractivity contribution in [3.8, 4) is 11.5 Å². The molecule has 61 heavy (non-hydrogen) atoms.